The number of likely N-dealkylation sites (tertiary alicyclic amines) is 1. The summed E-state index contributed by atoms with van der Waals surface area (Å²) in [6.07, 6.45) is 35.1. The van der Waals surface area contributed by atoms with Gasteiger partial charge in [0.15, 0.2) is 0 Å². The number of fused-ring (bicyclic) bond motifs is 4. The van der Waals surface area contributed by atoms with Gasteiger partial charge in [-0.3, -0.25) is 0 Å². The molecule has 9 aliphatic carbocycles. The van der Waals surface area contributed by atoms with Crippen molar-refractivity contribution in [2.75, 3.05) is 26.2 Å². The van der Waals surface area contributed by atoms with E-state index < -0.39 is 0 Å². The van der Waals surface area contributed by atoms with E-state index in [0.717, 1.165) is 114 Å². The summed E-state index contributed by atoms with van der Waals surface area (Å²) in [4.78, 5) is 5.93. The van der Waals surface area contributed by atoms with E-state index in [1.54, 1.807) is 27.8 Å². The molecule has 11 fully saturated rings. The van der Waals surface area contributed by atoms with E-state index in [1.807, 2.05) is 0 Å². The molecule has 0 radical (unpaired) electrons. The van der Waals surface area contributed by atoms with Crippen LogP contribution in [0.25, 0.3) is 0 Å². The molecule has 81 heavy (non-hydrogen) atoms. The molecule has 8 bridgehead atoms. The van der Waals surface area contributed by atoms with Crippen LogP contribution in [0.1, 0.15) is 241 Å². The fourth-order valence-electron chi connectivity index (χ4n) is 22.6. The van der Waals surface area contributed by atoms with Gasteiger partial charge in [0, 0.05) is 42.7 Å². The van der Waals surface area contributed by atoms with Crippen molar-refractivity contribution in [2.24, 2.45) is 45.0 Å². The number of hydrogen-bond acceptors (Lipinski definition) is 6. The maximum atomic E-state index is 6.89. The lowest BCUT2D eigenvalue weighted by Crippen LogP contribution is -2.67. The zero-order valence-corrected chi connectivity index (χ0v) is 52.7. The Labute approximate surface area is 505 Å². The van der Waals surface area contributed by atoms with Crippen molar-refractivity contribution in [1.82, 2.24) is 20.9 Å². The smallest absolute Gasteiger partial charge is 0.0819 e. The molecule has 3 aromatic carbocycles. The molecule has 11 atom stereocenters. The van der Waals surface area contributed by atoms with Crippen molar-refractivity contribution in [2.45, 2.75) is 259 Å². The van der Waals surface area contributed by atoms with Gasteiger partial charge in [-0.05, 0) is 270 Å². The Kier molecular flexibility index (Phi) is 15.7. The number of rotatable bonds is 14. The summed E-state index contributed by atoms with van der Waals surface area (Å²) >= 11 is 19.3. The zero-order valence-electron chi connectivity index (χ0n) is 50.2. The van der Waals surface area contributed by atoms with E-state index in [4.69, 9.17) is 48.1 Å². The molecule has 2 saturated heterocycles. The van der Waals surface area contributed by atoms with Gasteiger partial charge in [-0.2, -0.15) is 0 Å². The van der Waals surface area contributed by atoms with E-state index >= 15 is 0 Å². The molecule has 2 aliphatic heterocycles. The molecule has 9 heteroatoms. The minimum absolute atomic E-state index is 0.0393. The number of nitrogens with zero attached hydrogens (tertiary/aromatic N) is 1. The predicted molar refractivity (Wildman–Crippen MR) is 348 cm³/mol. The normalized spacial score (nSPS) is 40.4. The van der Waals surface area contributed by atoms with Crippen molar-refractivity contribution < 1.29 is 0 Å². The average molecular weight is 1150 g/mol. The Morgan fingerprint density at radius 1 is 0.543 bits per heavy atom. The molecule has 11 aliphatic rings. The molecule has 438 valence electrons. The second-order valence-electron chi connectivity index (χ2n) is 31.6. The lowest BCUT2D eigenvalue weighted by molar-refractivity contribution is -0.105. The van der Waals surface area contributed by atoms with Gasteiger partial charge in [-0.1, -0.05) is 149 Å². The molecule has 9 saturated carbocycles. The largest absolute Gasteiger partial charge is 0.377 e. The number of nitrogens with one attached hydrogen (secondary N) is 3. The molecule has 0 aromatic heterocycles. The standard InChI is InChI=1S/C72H102N6S3/c1-65-31-7-33-68(42-65,40-50(39-65)11-26-62(80)78-37-29-58(74)30-38-78)54-17-19-56(20-18-54)71-44-66(2)43-70(47-71,48-72(45-66,49-71)64(81)77-59-23-21-57(73)22-24-59)55-15-12-51(13-16-55)63-52(14-25-61(79)76-60-27-35-75-36-28-60)41-69(53-9-5-4-6-10-53)34-8-32-67(63,3)46-69/h4-6,9-10,12-13,15-20,50,52,57-60,63,75H,7-8,11,14,21-49,73-74H2,1-3H3,(H,76,79)(H,77,81)/t50?,52?,57-,59-,63?,65-,66+,67+,68-,69-,70+,71?,72?/m1/s1. The van der Waals surface area contributed by atoms with Crippen LogP contribution in [-0.2, 0) is 21.7 Å². The first-order valence-corrected chi connectivity index (χ1v) is 34.5. The second-order valence-corrected chi connectivity index (χ2v) is 32.9. The summed E-state index contributed by atoms with van der Waals surface area (Å²) in [5, 5.41) is 11.6. The number of piperidine rings is 2. The third-order valence-electron chi connectivity index (χ3n) is 25.1. The minimum atomic E-state index is -0.0393. The SMILES string of the molecule is C[C@@]12CCC[C@@](c3ccc(C45CC6(C(=S)N[C@H]7CC[C@H](N)CC7)C[C@](C)(C4)C[C@@](c4ccc(C7C(CCC(=S)NC8CCNCC8)C[C@]8(c9ccccc9)CCC[C@@]7(C)C8)cc4)(C6)C5)cc3)(CC(CCC(=S)N3CCC(N)CC3)C1)C2. The first-order valence-electron chi connectivity index (χ1n) is 33.3. The van der Waals surface area contributed by atoms with Gasteiger partial charge in [0.05, 0.1) is 15.0 Å². The third kappa shape index (κ3) is 11.1. The van der Waals surface area contributed by atoms with E-state index in [-0.39, 0.29) is 37.9 Å². The Morgan fingerprint density at radius 2 is 1.12 bits per heavy atom. The van der Waals surface area contributed by atoms with Gasteiger partial charge in [0.25, 0.3) is 0 Å². The lowest BCUT2D eigenvalue weighted by atomic mass is 9.34. The molecule has 2 heterocycles. The van der Waals surface area contributed by atoms with Gasteiger partial charge >= 0.3 is 0 Å². The van der Waals surface area contributed by atoms with Crippen molar-refractivity contribution >= 4 is 51.6 Å². The first kappa shape index (κ1) is 57.3. The predicted octanol–water partition coefficient (Wildman–Crippen LogP) is 15.3. The van der Waals surface area contributed by atoms with Crippen LogP contribution in [-0.4, -0.2) is 70.2 Å². The molecule has 6 nitrogen and oxygen atoms in total. The van der Waals surface area contributed by atoms with E-state index in [1.165, 1.54) is 119 Å². The number of hydrogen-bond donors (Lipinski definition) is 5. The van der Waals surface area contributed by atoms with Gasteiger partial charge in [0.2, 0.25) is 0 Å². The average Bonchev–Trinajstić information content (AvgIpc) is 3.64. The van der Waals surface area contributed by atoms with Crippen LogP contribution in [0.15, 0.2) is 78.9 Å². The second kappa shape index (κ2) is 22.2. The van der Waals surface area contributed by atoms with Crippen molar-refractivity contribution in [1.29, 1.82) is 0 Å². The first-order chi connectivity index (χ1) is 38.9. The Balaban J connectivity index is 0.808. The van der Waals surface area contributed by atoms with Crippen LogP contribution in [0.5, 0.6) is 0 Å². The lowest BCUT2D eigenvalue weighted by Gasteiger charge is -2.70. The summed E-state index contributed by atoms with van der Waals surface area (Å²) in [5.74, 6) is 1.80. The molecule has 14 rings (SSSR count). The summed E-state index contributed by atoms with van der Waals surface area (Å²) < 4.78 is 0. The summed E-state index contributed by atoms with van der Waals surface area (Å²) in [6.45, 7) is 12.3. The van der Waals surface area contributed by atoms with Gasteiger partial charge in [-0.15, -0.1) is 0 Å². The van der Waals surface area contributed by atoms with Crippen LogP contribution in [0.2, 0.25) is 0 Å². The molecular formula is C72H102N6S3. The van der Waals surface area contributed by atoms with Crippen LogP contribution >= 0.6 is 36.7 Å². The Bertz CT molecular complexity index is 2760. The van der Waals surface area contributed by atoms with Gasteiger partial charge < -0.3 is 32.3 Å². The quantitative estimate of drug-likeness (QED) is 0.101. The van der Waals surface area contributed by atoms with E-state index in [9.17, 15) is 0 Å². The van der Waals surface area contributed by atoms with Gasteiger partial charge in [-0.25, -0.2) is 0 Å². The van der Waals surface area contributed by atoms with Gasteiger partial charge in [0.1, 0.15) is 0 Å². The van der Waals surface area contributed by atoms with Crippen LogP contribution in [0.3, 0.4) is 0 Å². The van der Waals surface area contributed by atoms with Crippen LogP contribution < -0.4 is 27.4 Å². The van der Waals surface area contributed by atoms with E-state index in [2.05, 4.69) is 120 Å². The van der Waals surface area contributed by atoms with Crippen molar-refractivity contribution in [3.05, 3.63) is 107 Å². The van der Waals surface area contributed by atoms with Crippen molar-refractivity contribution in [3.63, 3.8) is 0 Å². The highest BCUT2D eigenvalue weighted by atomic mass is 32.1. The fourth-order valence-corrected chi connectivity index (χ4v) is 23.6. The zero-order chi connectivity index (χ0) is 55.9. The number of thiocarbonyl (C=S) groups is 3. The highest BCUT2D eigenvalue weighted by Crippen LogP contribution is 2.75. The maximum absolute atomic E-state index is 6.89. The molecule has 0 spiro atoms. The number of nitrogens with two attached hydrogens (primary N) is 2. The van der Waals surface area contributed by atoms with E-state index in [0.29, 0.717) is 41.4 Å². The molecule has 3 aromatic rings. The fraction of sp³-hybridized carbons (Fsp3) is 0.708. The van der Waals surface area contributed by atoms with Crippen LogP contribution in [0.4, 0.5) is 0 Å². The molecule has 5 unspecified atom stereocenters. The minimum Gasteiger partial charge on any atom is -0.377 e. The summed E-state index contributed by atoms with van der Waals surface area (Å²) in [5.41, 5.74) is 22.1. The number of benzene rings is 3. The third-order valence-corrected chi connectivity index (χ3v) is 26.4. The summed E-state index contributed by atoms with van der Waals surface area (Å²) in [6, 6.07) is 34.7. The topological polar surface area (TPSA) is 91.4 Å². The monoisotopic (exact) mass is 1150 g/mol. The Hall–Kier alpha value is -2.79. The van der Waals surface area contributed by atoms with Crippen LogP contribution in [0, 0.1) is 33.5 Å². The van der Waals surface area contributed by atoms with Crippen molar-refractivity contribution in [3.8, 4) is 0 Å². The summed E-state index contributed by atoms with van der Waals surface area (Å²) in [7, 11) is 0. The molecule has 0 amide bonds. The highest BCUT2D eigenvalue weighted by molar-refractivity contribution is 7.80. The molecule has 7 N–H and O–H groups in total. The molecular weight excluding hydrogens is 1050 g/mol. The Morgan fingerprint density at radius 3 is 1.80 bits per heavy atom. The highest BCUT2D eigenvalue weighted by Gasteiger charge is 2.69. The maximum Gasteiger partial charge on any atom is 0.0819 e.